The maximum atomic E-state index is 3.53. The van der Waals surface area contributed by atoms with Gasteiger partial charge in [0.25, 0.3) is 0 Å². The lowest BCUT2D eigenvalue weighted by atomic mass is 10.2. The molecule has 1 unspecified atom stereocenters. The summed E-state index contributed by atoms with van der Waals surface area (Å²) in [6, 6.07) is 9.30. The van der Waals surface area contributed by atoms with Crippen LogP contribution in [0.1, 0.15) is 19.5 Å². The standard InChI is InChI=1S/C14H19BrN2/c1-4-17-13(7-10(2)16-3)9-11-8-12(15)5-6-14(11)17/h5-6,8-10,16H,4,7H2,1-3H3. The summed E-state index contributed by atoms with van der Waals surface area (Å²) in [6.45, 7) is 5.44. The molecule has 0 amide bonds. The van der Waals surface area contributed by atoms with Crippen LogP contribution in [0, 0.1) is 0 Å². The van der Waals surface area contributed by atoms with Crippen molar-refractivity contribution in [3.8, 4) is 0 Å². The number of rotatable bonds is 4. The van der Waals surface area contributed by atoms with Crippen molar-refractivity contribution in [2.45, 2.75) is 32.9 Å². The van der Waals surface area contributed by atoms with Gasteiger partial charge in [-0.05, 0) is 45.2 Å². The highest BCUT2D eigenvalue weighted by molar-refractivity contribution is 9.10. The summed E-state index contributed by atoms with van der Waals surface area (Å²) in [5.74, 6) is 0. The van der Waals surface area contributed by atoms with Crippen LogP contribution in [-0.4, -0.2) is 17.7 Å². The molecule has 0 radical (unpaired) electrons. The number of aromatic nitrogens is 1. The zero-order valence-electron chi connectivity index (χ0n) is 10.6. The minimum atomic E-state index is 0.507. The van der Waals surface area contributed by atoms with Crippen LogP contribution in [-0.2, 0) is 13.0 Å². The maximum absolute atomic E-state index is 3.53. The number of benzene rings is 1. The van der Waals surface area contributed by atoms with E-state index in [2.05, 4.69) is 63.9 Å². The molecule has 0 bridgehead atoms. The molecule has 0 aliphatic heterocycles. The van der Waals surface area contributed by atoms with E-state index >= 15 is 0 Å². The summed E-state index contributed by atoms with van der Waals surface area (Å²) in [7, 11) is 2.01. The molecule has 0 saturated heterocycles. The molecular weight excluding hydrogens is 276 g/mol. The van der Waals surface area contributed by atoms with E-state index < -0.39 is 0 Å². The fourth-order valence-corrected chi connectivity index (χ4v) is 2.64. The number of likely N-dealkylation sites (N-methyl/N-ethyl adjacent to an activating group) is 1. The van der Waals surface area contributed by atoms with Gasteiger partial charge < -0.3 is 9.88 Å². The number of nitrogens with zero attached hydrogens (tertiary/aromatic N) is 1. The van der Waals surface area contributed by atoms with Gasteiger partial charge in [0, 0.05) is 40.1 Å². The van der Waals surface area contributed by atoms with Crippen LogP contribution < -0.4 is 5.32 Å². The van der Waals surface area contributed by atoms with Crippen LogP contribution in [0.5, 0.6) is 0 Å². The molecule has 0 saturated carbocycles. The van der Waals surface area contributed by atoms with E-state index in [1.807, 2.05) is 7.05 Å². The highest BCUT2D eigenvalue weighted by Gasteiger charge is 2.10. The van der Waals surface area contributed by atoms with Gasteiger partial charge in [0.05, 0.1) is 0 Å². The van der Waals surface area contributed by atoms with Crippen molar-refractivity contribution in [2.24, 2.45) is 0 Å². The number of aryl methyl sites for hydroxylation is 1. The monoisotopic (exact) mass is 294 g/mol. The SMILES string of the molecule is CCn1c(CC(C)NC)cc2cc(Br)ccc21. The van der Waals surface area contributed by atoms with Gasteiger partial charge in [-0.2, -0.15) is 0 Å². The summed E-state index contributed by atoms with van der Waals surface area (Å²) in [4.78, 5) is 0. The zero-order valence-corrected chi connectivity index (χ0v) is 12.2. The third-order valence-electron chi connectivity index (χ3n) is 3.27. The molecule has 17 heavy (non-hydrogen) atoms. The Morgan fingerprint density at radius 1 is 1.35 bits per heavy atom. The van der Waals surface area contributed by atoms with Gasteiger partial charge in [0.2, 0.25) is 0 Å². The summed E-state index contributed by atoms with van der Waals surface area (Å²) in [5.41, 5.74) is 2.73. The van der Waals surface area contributed by atoms with Crippen molar-refractivity contribution < 1.29 is 0 Å². The molecule has 2 nitrogen and oxygen atoms in total. The largest absolute Gasteiger partial charge is 0.345 e. The van der Waals surface area contributed by atoms with Gasteiger partial charge in [0.15, 0.2) is 0 Å². The van der Waals surface area contributed by atoms with E-state index in [0.717, 1.165) is 17.4 Å². The summed E-state index contributed by atoms with van der Waals surface area (Å²) in [5, 5.41) is 4.62. The van der Waals surface area contributed by atoms with Crippen LogP contribution in [0.25, 0.3) is 10.9 Å². The Bertz CT molecular complexity index is 516. The molecule has 0 spiro atoms. The minimum absolute atomic E-state index is 0.507. The summed E-state index contributed by atoms with van der Waals surface area (Å²) in [6.07, 6.45) is 1.07. The smallest absolute Gasteiger partial charge is 0.0483 e. The lowest BCUT2D eigenvalue weighted by molar-refractivity contribution is 0.581. The third kappa shape index (κ3) is 2.55. The number of halogens is 1. The Balaban J connectivity index is 2.48. The van der Waals surface area contributed by atoms with Crippen molar-refractivity contribution in [1.82, 2.24) is 9.88 Å². The molecule has 3 heteroatoms. The molecule has 2 rings (SSSR count). The molecule has 0 aliphatic rings. The Morgan fingerprint density at radius 3 is 2.76 bits per heavy atom. The molecular formula is C14H19BrN2. The van der Waals surface area contributed by atoms with Gasteiger partial charge in [-0.15, -0.1) is 0 Å². The van der Waals surface area contributed by atoms with E-state index in [0.29, 0.717) is 6.04 Å². The van der Waals surface area contributed by atoms with E-state index in [1.165, 1.54) is 16.6 Å². The molecule has 0 fully saturated rings. The van der Waals surface area contributed by atoms with E-state index in [9.17, 15) is 0 Å². The molecule has 2 aromatic rings. The Kier molecular flexibility index (Phi) is 3.89. The first-order chi connectivity index (χ1) is 8.15. The van der Waals surface area contributed by atoms with Crippen LogP contribution in [0.3, 0.4) is 0 Å². The first kappa shape index (κ1) is 12.7. The Labute approximate surface area is 111 Å². The fourth-order valence-electron chi connectivity index (χ4n) is 2.26. The lowest BCUT2D eigenvalue weighted by Crippen LogP contribution is -2.24. The molecule has 1 atom stereocenters. The van der Waals surface area contributed by atoms with Gasteiger partial charge in [0.1, 0.15) is 0 Å². The van der Waals surface area contributed by atoms with Gasteiger partial charge in [-0.1, -0.05) is 15.9 Å². The van der Waals surface area contributed by atoms with Crippen molar-refractivity contribution in [1.29, 1.82) is 0 Å². The first-order valence-corrected chi connectivity index (χ1v) is 6.90. The number of fused-ring (bicyclic) bond motifs is 1. The molecule has 1 aromatic heterocycles. The molecule has 0 aliphatic carbocycles. The number of nitrogens with one attached hydrogen (secondary N) is 1. The first-order valence-electron chi connectivity index (χ1n) is 6.10. The average Bonchev–Trinajstić information content (AvgIpc) is 2.64. The number of hydrogen-bond acceptors (Lipinski definition) is 1. The van der Waals surface area contributed by atoms with E-state index in [1.54, 1.807) is 0 Å². The van der Waals surface area contributed by atoms with Crippen molar-refractivity contribution in [3.05, 3.63) is 34.4 Å². The Hall–Kier alpha value is -0.800. The number of hydrogen-bond donors (Lipinski definition) is 1. The predicted molar refractivity (Wildman–Crippen MR) is 77.5 cm³/mol. The van der Waals surface area contributed by atoms with Crippen LogP contribution in [0.2, 0.25) is 0 Å². The lowest BCUT2D eigenvalue weighted by Gasteiger charge is -2.12. The van der Waals surface area contributed by atoms with Crippen LogP contribution in [0.4, 0.5) is 0 Å². The average molecular weight is 295 g/mol. The van der Waals surface area contributed by atoms with Crippen LogP contribution in [0.15, 0.2) is 28.7 Å². The van der Waals surface area contributed by atoms with Crippen LogP contribution >= 0.6 is 15.9 Å². The zero-order chi connectivity index (χ0) is 12.4. The maximum Gasteiger partial charge on any atom is 0.0483 e. The normalized spacial score (nSPS) is 13.2. The predicted octanol–water partition coefficient (Wildman–Crippen LogP) is 3.57. The van der Waals surface area contributed by atoms with Crippen molar-refractivity contribution in [2.75, 3.05) is 7.05 Å². The second-order valence-electron chi connectivity index (χ2n) is 4.48. The third-order valence-corrected chi connectivity index (χ3v) is 3.77. The Morgan fingerprint density at radius 2 is 2.12 bits per heavy atom. The summed E-state index contributed by atoms with van der Waals surface area (Å²) >= 11 is 3.53. The van der Waals surface area contributed by atoms with Gasteiger partial charge >= 0.3 is 0 Å². The quantitative estimate of drug-likeness (QED) is 0.912. The molecule has 92 valence electrons. The van der Waals surface area contributed by atoms with Crippen molar-refractivity contribution >= 4 is 26.8 Å². The van der Waals surface area contributed by atoms with Crippen molar-refractivity contribution in [3.63, 3.8) is 0 Å². The van der Waals surface area contributed by atoms with Gasteiger partial charge in [-0.3, -0.25) is 0 Å². The second kappa shape index (κ2) is 5.23. The molecule has 1 N–H and O–H groups in total. The molecule has 1 heterocycles. The van der Waals surface area contributed by atoms with Gasteiger partial charge in [-0.25, -0.2) is 0 Å². The highest BCUT2D eigenvalue weighted by atomic mass is 79.9. The van der Waals surface area contributed by atoms with E-state index in [-0.39, 0.29) is 0 Å². The molecule has 1 aromatic carbocycles. The topological polar surface area (TPSA) is 17.0 Å². The highest BCUT2D eigenvalue weighted by Crippen LogP contribution is 2.24. The second-order valence-corrected chi connectivity index (χ2v) is 5.39. The minimum Gasteiger partial charge on any atom is -0.345 e. The fraction of sp³-hybridized carbons (Fsp3) is 0.429. The summed E-state index contributed by atoms with van der Waals surface area (Å²) < 4.78 is 3.54. The van der Waals surface area contributed by atoms with E-state index in [4.69, 9.17) is 0 Å².